The lowest BCUT2D eigenvalue weighted by Crippen LogP contribution is -2.18. The van der Waals surface area contributed by atoms with Gasteiger partial charge in [-0.1, -0.05) is 0 Å². The number of ketones is 1. The number of Topliss-reactive ketones (excluding diaryl/α,β-unsaturated/α-hetero) is 1. The van der Waals surface area contributed by atoms with Gasteiger partial charge in [-0.3, -0.25) is 10.2 Å². The van der Waals surface area contributed by atoms with E-state index in [4.69, 9.17) is 5.41 Å². The third-order valence-corrected chi connectivity index (χ3v) is 4.33. The number of aryl methyl sites for hydroxylation is 3. The van der Waals surface area contributed by atoms with Gasteiger partial charge in [0.25, 0.3) is 0 Å². The minimum absolute atomic E-state index is 0. The highest BCUT2D eigenvalue weighted by Gasteiger charge is 2.13. The normalized spacial score (nSPS) is 10.2. The van der Waals surface area contributed by atoms with Crippen molar-refractivity contribution in [2.24, 2.45) is 0 Å². The smallest absolute Gasteiger partial charge is 0.183 e. The Labute approximate surface area is 124 Å². The van der Waals surface area contributed by atoms with Crippen molar-refractivity contribution in [2.45, 2.75) is 27.3 Å². The molecule has 0 unspecified atom stereocenters. The van der Waals surface area contributed by atoms with Gasteiger partial charge in [0, 0.05) is 26.4 Å². The molecule has 0 saturated carbocycles. The zero-order valence-corrected chi connectivity index (χ0v) is 13.8. The molecule has 98 valence electrons. The molecule has 18 heavy (non-hydrogen) atoms. The molecule has 1 N–H and O–H groups in total. The standard InChI is InChI=1S/C12H14N2OS2.BrH/c1-7-4-10(9(3)16-7)11(15)6-14-5-8(2)17-12(14)13;/h4-5,13H,6H2,1-3H3;1H. The Bertz CT molecular complexity index is 624. The highest BCUT2D eigenvalue weighted by atomic mass is 79.9. The van der Waals surface area contributed by atoms with Crippen LogP contribution in [0.4, 0.5) is 0 Å². The van der Waals surface area contributed by atoms with Crippen LogP contribution in [-0.2, 0) is 6.54 Å². The Balaban J connectivity index is 0.00000162. The topological polar surface area (TPSA) is 45.9 Å². The van der Waals surface area contributed by atoms with Crippen molar-refractivity contribution in [2.75, 3.05) is 0 Å². The van der Waals surface area contributed by atoms with Gasteiger partial charge >= 0.3 is 0 Å². The zero-order chi connectivity index (χ0) is 12.6. The Morgan fingerprint density at radius 3 is 2.39 bits per heavy atom. The number of carbonyl (C=O) groups excluding carboxylic acids is 1. The van der Waals surface area contributed by atoms with Crippen LogP contribution < -0.4 is 4.80 Å². The summed E-state index contributed by atoms with van der Waals surface area (Å²) in [6.45, 7) is 6.19. The minimum atomic E-state index is 0. The third-order valence-electron chi connectivity index (χ3n) is 2.51. The van der Waals surface area contributed by atoms with Gasteiger partial charge in [0.15, 0.2) is 10.6 Å². The van der Waals surface area contributed by atoms with Crippen molar-refractivity contribution >= 4 is 45.4 Å². The monoisotopic (exact) mass is 346 g/mol. The summed E-state index contributed by atoms with van der Waals surface area (Å²) < 4.78 is 1.70. The number of thiophene rings is 1. The van der Waals surface area contributed by atoms with Gasteiger partial charge in [-0.2, -0.15) is 0 Å². The van der Waals surface area contributed by atoms with Crippen LogP contribution in [-0.4, -0.2) is 10.4 Å². The van der Waals surface area contributed by atoms with E-state index in [9.17, 15) is 4.79 Å². The molecule has 0 aliphatic rings. The van der Waals surface area contributed by atoms with E-state index >= 15 is 0 Å². The largest absolute Gasteiger partial charge is 0.316 e. The van der Waals surface area contributed by atoms with Gasteiger partial charge < -0.3 is 4.57 Å². The van der Waals surface area contributed by atoms with Gasteiger partial charge in [-0.15, -0.1) is 39.7 Å². The summed E-state index contributed by atoms with van der Waals surface area (Å²) in [5, 5.41) is 7.74. The fourth-order valence-corrected chi connectivity index (χ4v) is 3.44. The SMILES string of the molecule is Br.Cc1cc(C(=O)Cn2cc(C)sc2=N)c(C)s1. The van der Waals surface area contributed by atoms with Crippen LogP contribution in [0.25, 0.3) is 0 Å². The average molecular weight is 347 g/mol. The number of rotatable bonds is 3. The van der Waals surface area contributed by atoms with Crippen LogP contribution in [0.15, 0.2) is 12.3 Å². The second-order valence-electron chi connectivity index (χ2n) is 4.02. The zero-order valence-electron chi connectivity index (χ0n) is 10.4. The van der Waals surface area contributed by atoms with Gasteiger partial charge in [0.05, 0.1) is 6.54 Å². The first-order valence-corrected chi connectivity index (χ1v) is 6.92. The summed E-state index contributed by atoms with van der Waals surface area (Å²) in [5.74, 6) is 0.0863. The highest BCUT2D eigenvalue weighted by Crippen LogP contribution is 2.21. The molecular formula is C12H15BrN2OS2. The van der Waals surface area contributed by atoms with Crippen molar-refractivity contribution in [3.8, 4) is 0 Å². The molecule has 0 aliphatic heterocycles. The Hall–Kier alpha value is -0.720. The third kappa shape index (κ3) is 3.18. The van der Waals surface area contributed by atoms with E-state index < -0.39 is 0 Å². The molecule has 0 fully saturated rings. The average Bonchev–Trinajstić information content (AvgIpc) is 2.70. The first-order chi connectivity index (χ1) is 7.97. The first-order valence-electron chi connectivity index (χ1n) is 5.29. The summed E-state index contributed by atoms with van der Waals surface area (Å²) in [6.07, 6.45) is 1.86. The second kappa shape index (κ2) is 5.95. The van der Waals surface area contributed by atoms with Crippen LogP contribution in [0.1, 0.15) is 25.0 Å². The number of nitrogens with one attached hydrogen (secondary N) is 1. The van der Waals surface area contributed by atoms with Crippen molar-refractivity contribution in [1.82, 2.24) is 4.57 Å². The van der Waals surface area contributed by atoms with Crippen LogP contribution in [0, 0.1) is 26.2 Å². The van der Waals surface area contributed by atoms with Crippen molar-refractivity contribution in [1.29, 1.82) is 5.41 Å². The number of carbonyl (C=O) groups is 1. The number of halogens is 1. The first kappa shape index (κ1) is 15.3. The van der Waals surface area contributed by atoms with E-state index in [1.54, 1.807) is 15.9 Å². The Morgan fingerprint density at radius 2 is 1.94 bits per heavy atom. The molecule has 0 spiro atoms. The number of nitrogens with zero attached hydrogens (tertiary/aromatic N) is 1. The van der Waals surface area contributed by atoms with Gasteiger partial charge in [0.1, 0.15) is 0 Å². The molecule has 6 heteroatoms. The van der Waals surface area contributed by atoms with Crippen molar-refractivity contribution < 1.29 is 4.79 Å². The molecule has 2 rings (SSSR count). The van der Waals surface area contributed by atoms with E-state index in [0.29, 0.717) is 4.80 Å². The molecule has 2 aromatic heterocycles. The summed E-state index contributed by atoms with van der Waals surface area (Å²) in [4.78, 5) is 15.8. The summed E-state index contributed by atoms with van der Waals surface area (Å²) in [6, 6.07) is 1.94. The lowest BCUT2D eigenvalue weighted by atomic mass is 10.1. The number of aromatic nitrogens is 1. The van der Waals surface area contributed by atoms with Gasteiger partial charge in [-0.25, -0.2) is 0 Å². The van der Waals surface area contributed by atoms with E-state index in [0.717, 1.165) is 20.2 Å². The Kier molecular flexibility index (Phi) is 5.07. The fraction of sp³-hybridized carbons (Fsp3) is 0.333. The van der Waals surface area contributed by atoms with Crippen LogP contribution in [0.2, 0.25) is 0 Å². The molecule has 0 aliphatic carbocycles. The van der Waals surface area contributed by atoms with Gasteiger partial charge in [-0.05, 0) is 26.8 Å². The lowest BCUT2D eigenvalue weighted by Gasteiger charge is -2.01. The molecular weight excluding hydrogens is 332 g/mol. The van der Waals surface area contributed by atoms with Crippen molar-refractivity contribution in [3.05, 3.63) is 37.3 Å². The molecule has 2 aromatic rings. The quantitative estimate of drug-likeness (QED) is 0.849. The predicted molar refractivity (Wildman–Crippen MR) is 81.3 cm³/mol. The molecule has 0 bridgehead atoms. The molecule has 0 atom stereocenters. The summed E-state index contributed by atoms with van der Waals surface area (Å²) in [7, 11) is 0. The molecule has 0 radical (unpaired) electrons. The number of hydrogen-bond donors (Lipinski definition) is 1. The van der Waals surface area contributed by atoms with Crippen LogP contribution >= 0.6 is 39.7 Å². The highest BCUT2D eigenvalue weighted by molar-refractivity contribution is 8.93. The van der Waals surface area contributed by atoms with Crippen LogP contribution in [0.3, 0.4) is 0 Å². The van der Waals surface area contributed by atoms with E-state index in [1.807, 2.05) is 33.0 Å². The maximum atomic E-state index is 12.1. The minimum Gasteiger partial charge on any atom is -0.316 e. The number of hydrogen-bond acceptors (Lipinski definition) is 4. The Morgan fingerprint density at radius 1 is 1.28 bits per heavy atom. The van der Waals surface area contributed by atoms with Crippen molar-refractivity contribution in [3.63, 3.8) is 0 Å². The molecule has 0 saturated heterocycles. The molecule has 2 heterocycles. The van der Waals surface area contributed by atoms with Crippen LogP contribution in [0.5, 0.6) is 0 Å². The predicted octanol–water partition coefficient (Wildman–Crippen LogP) is 3.48. The summed E-state index contributed by atoms with van der Waals surface area (Å²) >= 11 is 3.04. The van der Waals surface area contributed by atoms with E-state index in [2.05, 4.69) is 0 Å². The van der Waals surface area contributed by atoms with E-state index in [1.165, 1.54) is 11.3 Å². The number of thiazole rings is 1. The molecule has 3 nitrogen and oxygen atoms in total. The summed E-state index contributed by atoms with van der Waals surface area (Å²) in [5.41, 5.74) is 0.795. The lowest BCUT2D eigenvalue weighted by molar-refractivity contribution is 0.0971. The molecule has 0 aromatic carbocycles. The fourth-order valence-electron chi connectivity index (χ4n) is 1.78. The van der Waals surface area contributed by atoms with E-state index in [-0.39, 0.29) is 29.3 Å². The molecule has 0 amide bonds. The maximum Gasteiger partial charge on any atom is 0.183 e. The van der Waals surface area contributed by atoms with Gasteiger partial charge in [0.2, 0.25) is 0 Å². The second-order valence-corrected chi connectivity index (χ2v) is 6.72. The maximum absolute atomic E-state index is 12.1.